The Kier molecular flexibility index (Phi) is 4.87. The van der Waals surface area contributed by atoms with Crippen LogP contribution in [0.25, 0.3) is 11.3 Å². The summed E-state index contributed by atoms with van der Waals surface area (Å²) in [6, 6.07) is 19.8. The van der Waals surface area contributed by atoms with Crippen molar-refractivity contribution in [1.29, 1.82) is 5.26 Å². The predicted octanol–water partition coefficient (Wildman–Crippen LogP) is 3.59. The summed E-state index contributed by atoms with van der Waals surface area (Å²) >= 11 is 0. The van der Waals surface area contributed by atoms with Crippen molar-refractivity contribution in [2.45, 2.75) is 19.9 Å². The Bertz CT molecular complexity index is 849. The first-order chi connectivity index (χ1) is 11.8. The maximum atomic E-state index is 9.31. The topological polar surface area (TPSA) is 63.7 Å². The number of benzene rings is 2. The van der Waals surface area contributed by atoms with E-state index in [2.05, 4.69) is 16.4 Å². The Hall–Kier alpha value is -3.13. The number of aromatic nitrogens is 3. The summed E-state index contributed by atoms with van der Waals surface area (Å²) in [4.78, 5) is 0. The van der Waals surface area contributed by atoms with Crippen LogP contribution in [0.4, 0.5) is 0 Å². The normalized spacial score (nSPS) is 10.3. The Balaban J connectivity index is 1.72. The SMILES string of the molecule is Cc1ccccc1-c1c(C#N)nnn1CCCOc1ccccc1. The Morgan fingerprint density at radius 1 is 1.08 bits per heavy atom. The minimum Gasteiger partial charge on any atom is -0.494 e. The summed E-state index contributed by atoms with van der Waals surface area (Å²) in [5, 5.41) is 17.5. The summed E-state index contributed by atoms with van der Waals surface area (Å²) in [6.07, 6.45) is 0.780. The lowest BCUT2D eigenvalue weighted by atomic mass is 10.0. The van der Waals surface area contributed by atoms with Gasteiger partial charge in [-0.05, 0) is 24.6 Å². The second kappa shape index (κ2) is 7.42. The molecule has 120 valence electrons. The smallest absolute Gasteiger partial charge is 0.190 e. The molecular weight excluding hydrogens is 300 g/mol. The number of nitrogens with zero attached hydrogens (tertiary/aromatic N) is 4. The van der Waals surface area contributed by atoms with Gasteiger partial charge in [0.1, 0.15) is 17.5 Å². The van der Waals surface area contributed by atoms with Crippen molar-refractivity contribution in [3.05, 3.63) is 65.9 Å². The summed E-state index contributed by atoms with van der Waals surface area (Å²) in [5.74, 6) is 0.855. The third-order valence-electron chi connectivity index (χ3n) is 3.77. The average Bonchev–Trinajstić information content (AvgIpc) is 3.03. The molecule has 0 radical (unpaired) electrons. The van der Waals surface area contributed by atoms with Crippen LogP contribution in [0.15, 0.2) is 54.6 Å². The van der Waals surface area contributed by atoms with Gasteiger partial charge in [0.25, 0.3) is 0 Å². The molecule has 0 N–H and O–H groups in total. The highest BCUT2D eigenvalue weighted by atomic mass is 16.5. The molecule has 1 aromatic heterocycles. The maximum Gasteiger partial charge on any atom is 0.190 e. The zero-order valence-electron chi connectivity index (χ0n) is 13.5. The van der Waals surface area contributed by atoms with Crippen LogP contribution < -0.4 is 4.74 Å². The van der Waals surface area contributed by atoms with E-state index in [0.717, 1.165) is 29.0 Å². The molecule has 0 saturated carbocycles. The number of rotatable bonds is 6. The monoisotopic (exact) mass is 318 g/mol. The van der Waals surface area contributed by atoms with E-state index < -0.39 is 0 Å². The molecule has 24 heavy (non-hydrogen) atoms. The maximum absolute atomic E-state index is 9.31. The highest BCUT2D eigenvalue weighted by Gasteiger charge is 2.16. The van der Waals surface area contributed by atoms with E-state index in [1.807, 2.05) is 61.5 Å². The van der Waals surface area contributed by atoms with Gasteiger partial charge in [-0.1, -0.05) is 47.7 Å². The molecule has 1 heterocycles. The molecule has 3 rings (SSSR count). The number of hydrogen-bond donors (Lipinski definition) is 0. The molecule has 0 amide bonds. The molecule has 0 atom stereocenters. The third kappa shape index (κ3) is 3.44. The molecule has 0 unspecified atom stereocenters. The van der Waals surface area contributed by atoms with E-state index in [4.69, 9.17) is 4.74 Å². The van der Waals surface area contributed by atoms with E-state index in [1.165, 1.54) is 0 Å². The third-order valence-corrected chi connectivity index (χ3v) is 3.77. The first-order valence-electron chi connectivity index (χ1n) is 7.87. The lowest BCUT2D eigenvalue weighted by molar-refractivity contribution is 0.298. The molecular formula is C19H18N4O. The van der Waals surface area contributed by atoms with Crippen LogP contribution in [-0.2, 0) is 6.54 Å². The summed E-state index contributed by atoms with van der Waals surface area (Å²) in [7, 11) is 0. The standard InChI is InChI=1S/C19H18N4O/c1-15-8-5-6-11-17(15)19-18(14-20)21-22-23(19)12-7-13-24-16-9-3-2-4-10-16/h2-6,8-11H,7,12-13H2,1H3. The molecule has 0 aliphatic carbocycles. The average molecular weight is 318 g/mol. The number of ether oxygens (including phenoxy) is 1. The van der Waals surface area contributed by atoms with Gasteiger partial charge in [0.15, 0.2) is 5.69 Å². The molecule has 0 bridgehead atoms. The molecule has 2 aromatic carbocycles. The molecule has 0 aliphatic heterocycles. The van der Waals surface area contributed by atoms with Gasteiger partial charge in [0.05, 0.1) is 6.61 Å². The van der Waals surface area contributed by atoms with E-state index in [9.17, 15) is 5.26 Å². The van der Waals surface area contributed by atoms with Crippen molar-refractivity contribution in [2.24, 2.45) is 0 Å². The van der Waals surface area contributed by atoms with Gasteiger partial charge < -0.3 is 4.74 Å². The van der Waals surface area contributed by atoms with Crippen molar-refractivity contribution in [3.63, 3.8) is 0 Å². The van der Waals surface area contributed by atoms with Crippen molar-refractivity contribution < 1.29 is 4.74 Å². The van der Waals surface area contributed by atoms with Crippen LogP contribution in [0, 0.1) is 18.3 Å². The van der Waals surface area contributed by atoms with Gasteiger partial charge in [0, 0.05) is 18.5 Å². The van der Waals surface area contributed by atoms with Crippen LogP contribution in [0.2, 0.25) is 0 Å². The summed E-state index contributed by atoms with van der Waals surface area (Å²) < 4.78 is 7.49. The first kappa shape index (κ1) is 15.8. The second-order valence-corrected chi connectivity index (χ2v) is 5.45. The number of hydrogen-bond acceptors (Lipinski definition) is 4. The van der Waals surface area contributed by atoms with Crippen LogP contribution in [-0.4, -0.2) is 21.6 Å². The molecule has 5 heteroatoms. The largest absolute Gasteiger partial charge is 0.494 e. The van der Waals surface area contributed by atoms with E-state index in [0.29, 0.717) is 18.8 Å². The van der Waals surface area contributed by atoms with Crippen molar-refractivity contribution >= 4 is 0 Å². The molecule has 3 aromatic rings. The van der Waals surface area contributed by atoms with Crippen molar-refractivity contribution in [1.82, 2.24) is 15.0 Å². The van der Waals surface area contributed by atoms with Crippen LogP contribution in [0.3, 0.4) is 0 Å². The van der Waals surface area contributed by atoms with Crippen molar-refractivity contribution in [2.75, 3.05) is 6.61 Å². The summed E-state index contributed by atoms with van der Waals surface area (Å²) in [5.41, 5.74) is 3.21. The second-order valence-electron chi connectivity index (χ2n) is 5.45. The lowest BCUT2D eigenvalue weighted by Crippen LogP contribution is -2.08. The zero-order chi connectivity index (χ0) is 16.8. The zero-order valence-corrected chi connectivity index (χ0v) is 13.5. The van der Waals surface area contributed by atoms with Crippen LogP contribution >= 0.6 is 0 Å². The fourth-order valence-electron chi connectivity index (χ4n) is 2.57. The van der Waals surface area contributed by atoms with Gasteiger partial charge >= 0.3 is 0 Å². The molecule has 0 saturated heterocycles. The van der Waals surface area contributed by atoms with Gasteiger partial charge in [-0.3, -0.25) is 0 Å². The Morgan fingerprint density at radius 3 is 2.58 bits per heavy atom. The van der Waals surface area contributed by atoms with Gasteiger partial charge in [0.2, 0.25) is 0 Å². The van der Waals surface area contributed by atoms with Crippen molar-refractivity contribution in [3.8, 4) is 23.1 Å². The minimum absolute atomic E-state index is 0.355. The van der Waals surface area contributed by atoms with E-state index in [1.54, 1.807) is 4.68 Å². The molecule has 0 fully saturated rings. The highest BCUT2D eigenvalue weighted by molar-refractivity contribution is 5.68. The van der Waals surface area contributed by atoms with Gasteiger partial charge in [-0.2, -0.15) is 5.26 Å². The van der Waals surface area contributed by atoms with Crippen LogP contribution in [0.5, 0.6) is 5.75 Å². The minimum atomic E-state index is 0.355. The quantitative estimate of drug-likeness (QED) is 0.652. The van der Waals surface area contributed by atoms with E-state index in [-0.39, 0.29) is 0 Å². The number of nitriles is 1. The summed E-state index contributed by atoms with van der Waals surface area (Å²) in [6.45, 7) is 3.25. The Labute approximate surface area is 141 Å². The van der Waals surface area contributed by atoms with Gasteiger partial charge in [-0.25, -0.2) is 4.68 Å². The van der Waals surface area contributed by atoms with E-state index >= 15 is 0 Å². The molecule has 5 nitrogen and oxygen atoms in total. The van der Waals surface area contributed by atoms with Crippen LogP contribution in [0.1, 0.15) is 17.7 Å². The predicted molar refractivity (Wildman–Crippen MR) is 91.5 cm³/mol. The van der Waals surface area contributed by atoms with Gasteiger partial charge in [-0.15, -0.1) is 5.10 Å². The fourth-order valence-corrected chi connectivity index (χ4v) is 2.57. The molecule has 0 spiro atoms. The number of para-hydroxylation sites is 1. The lowest BCUT2D eigenvalue weighted by Gasteiger charge is -2.10. The molecule has 0 aliphatic rings. The number of aryl methyl sites for hydroxylation is 2. The Morgan fingerprint density at radius 2 is 1.83 bits per heavy atom. The highest BCUT2D eigenvalue weighted by Crippen LogP contribution is 2.25. The first-order valence-corrected chi connectivity index (χ1v) is 7.87. The fraction of sp³-hybridized carbons (Fsp3) is 0.211.